The highest BCUT2D eigenvalue weighted by Gasteiger charge is 2.22. The van der Waals surface area contributed by atoms with Gasteiger partial charge in [0.25, 0.3) is 0 Å². The summed E-state index contributed by atoms with van der Waals surface area (Å²) < 4.78 is 13.2. The second-order valence-electron chi connectivity index (χ2n) is 5.77. The van der Waals surface area contributed by atoms with Gasteiger partial charge in [-0.1, -0.05) is 5.16 Å². The normalized spacial score (nSPS) is 20.0. The molecule has 1 atom stereocenters. The molecule has 0 aliphatic carbocycles. The molecule has 3 rings (SSSR count). The standard InChI is InChI=1S/C15H22N4O2/c1-11-6-13(3)19(16-11)10-15-9-18(4-5-20-15)8-14-7-12(2)17-21-14/h6-7,15H,4-5,8-10H2,1-3H3/t15-/m0/s1. The maximum Gasteiger partial charge on any atom is 0.150 e. The summed E-state index contributed by atoms with van der Waals surface area (Å²) in [5.41, 5.74) is 3.16. The smallest absolute Gasteiger partial charge is 0.150 e. The molecule has 1 aliphatic rings. The average molecular weight is 290 g/mol. The first kappa shape index (κ1) is 14.3. The van der Waals surface area contributed by atoms with Crippen molar-refractivity contribution in [2.24, 2.45) is 0 Å². The van der Waals surface area contributed by atoms with E-state index >= 15 is 0 Å². The zero-order chi connectivity index (χ0) is 14.8. The second-order valence-corrected chi connectivity index (χ2v) is 5.77. The number of aryl methyl sites for hydroxylation is 3. The van der Waals surface area contributed by atoms with Crippen LogP contribution in [0.1, 0.15) is 22.8 Å². The Balaban J connectivity index is 1.59. The Labute approximate surface area is 124 Å². The van der Waals surface area contributed by atoms with Crippen LogP contribution in [0, 0.1) is 20.8 Å². The van der Waals surface area contributed by atoms with Crippen LogP contribution in [0.25, 0.3) is 0 Å². The molecule has 0 spiro atoms. The fraction of sp³-hybridized carbons (Fsp3) is 0.600. The molecule has 0 amide bonds. The molecule has 1 saturated heterocycles. The number of ether oxygens (including phenoxy) is 1. The minimum atomic E-state index is 0.167. The van der Waals surface area contributed by atoms with Gasteiger partial charge in [-0.3, -0.25) is 9.58 Å². The molecular weight excluding hydrogens is 268 g/mol. The van der Waals surface area contributed by atoms with Gasteiger partial charge in [0.15, 0.2) is 5.76 Å². The van der Waals surface area contributed by atoms with Crippen LogP contribution in [0.3, 0.4) is 0 Å². The van der Waals surface area contributed by atoms with E-state index in [9.17, 15) is 0 Å². The number of nitrogens with zero attached hydrogens (tertiary/aromatic N) is 4. The van der Waals surface area contributed by atoms with Gasteiger partial charge < -0.3 is 9.26 Å². The number of morpholine rings is 1. The molecule has 6 heteroatoms. The van der Waals surface area contributed by atoms with Crippen molar-refractivity contribution in [3.63, 3.8) is 0 Å². The summed E-state index contributed by atoms with van der Waals surface area (Å²) in [6.45, 7) is 10.2. The van der Waals surface area contributed by atoms with Crippen molar-refractivity contribution in [1.82, 2.24) is 19.8 Å². The second kappa shape index (κ2) is 5.99. The van der Waals surface area contributed by atoms with Crippen LogP contribution in [0.2, 0.25) is 0 Å². The molecule has 0 bridgehead atoms. The quantitative estimate of drug-likeness (QED) is 0.858. The van der Waals surface area contributed by atoms with E-state index < -0.39 is 0 Å². The van der Waals surface area contributed by atoms with Gasteiger partial charge in [0.2, 0.25) is 0 Å². The fourth-order valence-corrected chi connectivity index (χ4v) is 2.80. The third-order valence-corrected chi connectivity index (χ3v) is 3.76. The van der Waals surface area contributed by atoms with Gasteiger partial charge in [0.1, 0.15) is 0 Å². The molecule has 0 N–H and O–H groups in total. The highest BCUT2D eigenvalue weighted by Crippen LogP contribution is 2.13. The SMILES string of the molecule is Cc1cc(CN2CCO[C@H](Cn3nc(C)cc3C)C2)on1. The van der Waals surface area contributed by atoms with Crippen LogP contribution in [-0.4, -0.2) is 45.6 Å². The van der Waals surface area contributed by atoms with E-state index in [4.69, 9.17) is 9.26 Å². The van der Waals surface area contributed by atoms with Gasteiger partial charge in [0, 0.05) is 24.8 Å². The van der Waals surface area contributed by atoms with Gasteiger partial charge in [-0.05, 0) is 26.8 Å². The lowest BCUT2D eigenvalue weighted by molar-refractivity contribution is -0.0424. The molecule has 21 heavy (non-hydrogen) atoms. The monoisotopic (exact) mass is 290 g/mol. The Kier molecular flexibility index (Phi) is 4.07. The largest absolute Gasteiger partial charge is 0.374 e. The highest BCUT2D eigenvalue weighted by molar-refractivity contribution is 5.07. The summed E-state index contributed by atoms with van der Waals surface area (Å²) in [7, 11) is 0. The van der Waals surface area contributed by atoms with Crippen LogP contribution in [-0.2, 0) is 17.8 Å². The summed E-state index contributed by atoms with van der Waals surface area (Å²) in [5.74, 6) is 0.916. The number of rotatable bonds is 4. The number of hydrogen-bond acceptors (Lipinski definition) is 5. The first-order valence-electron chi connectivity index (χ1n) is 7.37. The summed E-state index contributed by atoms with van der Waals surface area (Å²) in [5, 5.41) is 8.44. The van der Waals surface area contributed by atoms with E-state index in [0.29, 0.717) is 0 Å². The first-order valence-corrected chi connectivity index (χ1v) is 7.37. The third-order valence-electron chi connectivity index (χ3n) is 3.76. The van der Waals surface area contributed by atoms with E-state index in [2.05, 4.69) is 28.1 Å². The molecule has 3 heterocycles. The zero-order valence-electron chi connectivity index (χ0n) is 12.9. The molecule has 0 saturated carbocycles. The number of hydrogen-bond donors (Lipinski definition) is 0. The predicted molar refractivity (Wildman–Crippen MR) is 78.0 cm³/mol. The van der Waals surface area contributed by atoms with Crippen molar-refractivity contribution < 1.29 is 9.26 Å². The van der Waals surface area contributed by atoms with Crippen LogP contribution < -0.4 is 0 Å². The van der Waals surface area contributed by atoms with E-state index in [1.54, 1.807) is 0 Å². The minimum Gasteiger partial charge on any atom is -0.374 e. The van der Waals surface area contributed by atoms with Gasteiger partial charge >= 0.3 is 0 Å². The van der Waals surface area contributed by atoms with Crippen molar-refractivity contribution in [2.45, 2.75) is 40.0 Å². The fourth-order valence-electron chi connectivity index (χ4n) is 2.80. The summed E-state index contributed by atoms with van der Waals surface area (Å²) >= 11 is 0. The predicted octanol–water partition coefficient (Wildman–Crippen LogP) is 1.70. The molecule has 0 radical (unpaired) electrons. The summed E-state index contributed by atoms with van der Waals surface area (Å²) in [6, 6.07) is 4.09. The van der Waals surface area contributed by atoms with Crippen molar-refractivity contribution in [2.75, 3.05) is 19.7 Å². The lowest BCUT2D eigenvalue weighted by Crippen LogP contribution is -2.43. The molecule has 6 nitrogen and oxygen atoms in total. The molecule has 2 aromatic rings. The Morgan fingerprint density at radius 1 is 1.24 bits per heavy atom. The highest BCUT2D eigenvalue weighted by atomic mass is 16.5. The van der Waals surface area contributed by atoms with Gasteiger partial charge in [-0.2, -0.15) is 5.10 Å². The Morgan fingerprint density at radius 2 is 2.10 bits per heavy atom. The summed E-state index contributed by atoms with van der Waals surface area (Å²) in [4.78, 5) is 2.35. The molecule has 1 aliphatic heterocycles. The maximum absolute atomic E-state index is 5.87. The Bertz CT molecular complexity index is 605. The van der Waals surface area contributed by atoms with E-state index in [1.807, 2.05) is 24.6 Å². The van der Waals surface area contributed by atoms with E-state index in [-0.39, 0.29) is 6.10 Å². The van der Waals surface area contributed by atoms with Crippen LogP contribution in [0.5, 0.6) is 0 Å². The molecule has 0 aromatic carbocycles. The lowest BCUT2D eigenvalue weighted by Gasteiger charge is -2.32. The van der Waals surface area contributed by atoms with E-state index in [0.717, 1.165) is 49.9 Å². The van der Waals surface area contributed by atoms with Crippen molar-refractivity contribution in [3.8, 4) is 0 Å². The van der Waals surface area contributed by atoms with Crippen LogP contribution >= 0.6 is 0 Å². The minimum absolute atomic E-state index is 0.167. The van der Waals surface area contributed by atoms with Crippen LogP contribution in [0.15, 0.2) is 16.7 Å². The van der Waals surface area contributed by atoms with Crippen molar-refractivity contribution in [3.05, 3.63) is 35.0 Å². The van der Waals surface area contributed by atoms with Gasteiger partial charge in [-0.15, -0.1) is 0 Å². The van der Waals surface area contributed by atoms with E-state index in [1.165, 1.54) is 5.69 Å². The molecular formula is C15H22N4O2. The average Bonchev–Trinajstić information content (AvgIpc) is 2.96. The first-order chi connectivity index (χ1) is 10.1. The third kappa shape index (κ3) is 3.51. The lowest BCUT2D eigenvalue weighted by atomic mass is 10.2. The van der Waals surface area contributed by atoms with Gasteiger partial charge in [0.05, 0.1) is 37.2 Å². The topological polar surface area (TPSA) is 56.3 Å². The Morgan fingerprint density at radius 3 is 2.76 bits per heavy atom. The van der Waals surface area contributed by atoms with Crippen LogP contribution in [0.4, 0.5) is 0 Å². The molecule has 0 unspecified atom stereocenters. The van der Waals surface area contributed by atoms with Crippen molar-refractivity contribution >= 4 is 0 Å². The summed E-state index contributed by atoms with van der Waals surface area (Å²) in [6.07, 6.45) is 0.167. The Hall–Kier alpha value is -1.66. The number of aromatic nitrogens is 3. The molecule has 2 aromatic heterocycles. The molecule has 114 valence electrons. The zero-order valence-corrected chi connectivity index (χ0v) is 12.9. The molecule has 1 fully saturated rings. The van der Waals surface area contributed by atoms with Crippen molar-refractivity contribution in [1.29, 1.82) is 0 Å². The van der Waals surface area contributed by atoms with Gasteiger partial charge in [-0.25, -0.2) is 0 Å². The maximum atomic E-state index is 5.87.